The first kappa shape index (κ1) is 19.3. The van der Waals surface area contributed by atoms with Crippen LogP contribution >= 0.6 is 0 Å². The number of aromatic nitrogens is 2. The number of carbonyl (C=O) groups is 1. The van der Waals surface area contributed by atoms with Crippen LogP contribution in [0.3, 0.4) is 0 Å². The van der Waals surface area contributed by atoms with Crippen molar-refractivity contribution in [1.82, 2.24) is 10.1 Å². The lowest BCUT2D eigenvalue weighted by atomic mass is 10.2. The fraction of sp³-hybridized carbons (Fsp3) is 0.211. The third-order valence-corrected chi connectivity index (χ3v) is 3.54. The molecule has 146 valence electrons. The Balaban J connectivity index is 1.71. The molecule has 0 radical (unpaired) electrons. The average molecular weight is 390 g/mol. The molecule has 0 spiro atoms. The summed E-state index contributed by atoms with van der Waals surface area (Å²) in [5.74, 6) is 1.21. The fourth-order valence-electron chi connectivity index (χ4n) is 2.37. The number of aldehydes is 1. The second-order valence-corrected chi connectivity index (χ2v) is 5.46. The summed E-state index contributed by atoms with van der Waals surface area (Å²) in [5.41, 5.74) is 0.917. The molecule has 7 nitrogen and oxygen atoms in total. The quantitative estimate of drug-likeness (QED) is 0.508. The maximum absolute atomic E-state index is 12.3. The van der Waals surface area contributed by atoms with Gasteiger partial charge in [0.15, 0.2) is 18.1 Å². The number of halogens is 2. The van der Waals surface area contributed by atoms with Gasteiger partial charge in [0.1, 0.15) is 12.0 Å². The second-order valence-electron chi connectivity index (χ2n) is 5.46. The van der Waals surface area contributed by atoms with Gasteiger partial charge in [0.25, 0.3) is 5.89 Å². The van der Waals surface area contributed by atoms with E-state index in [1.807, 2.05) is 6.92 Å². The van der Waals surface area contributed by atoms with Crippen molar-refractivity contribution >= 4 is 6.29 Å². The Morgan fingerprint density at radius 2 is 2.00 bits per heavy atom. The highest BCUT2D eigenvalue weighted by Crippen LogP contribution is 2.29. The lowest BCUT2D eigenvalue weighted by Crippen LogP contribution is -2.01. The summed E-state index contributed by atoms with van der Waals surface area (Å²) in [5, 5.41) is 3.82. The van der Waals surface area contributed by atoms with E-state index in [1.165, 1.54) is 12.1 Å². The zero-order valence-corrected chi connectivity index (χ0v) is 14.8. The predicted octanol–water partition coefficient (Wildman–Crippen LogP) is 4.13. The maximum atomic E-state index is 12.3. The van der Waals surface area contributed by atoms with Gasteiger partial charge in [-0.25, -0.2) is 0 Å². The van der Waals surface area contributed by atoms with Crippen LogP contribution < -0.4 is 14.2 Å². The van der Waals surface area contributed by atoms with Crippen LogP contribution in [0.4, 0.5) is 8.78 Å². The van der Waals surface area contributed by atoms with Gasteiger partial charge in [-0.3, -0.25) is 4.79 Å². The zero-order chi connectivity index (χ0) is 19.9. The lowest BCUT2D eigenvalue weighted by molar-refractivity contribution is -0.0498. The van der Waals surface area contributed by atoms with Gasteiger partial charge in [0.2, 0.25) is 5.82 Å². The Morgan fingerprint density at radius 3 is 2.75 bits per heavy atom. The van der Waals surface area contributed by atoms with E-state index < -0.39 is 6.61 Å². The van der Waals surface area contributed by atoms with Crippen molar-refractivity contribution in [2.75, 3.05) is 6.61 Å². The molecule has 0 aliphatic heterocycles. The molecule has 0 bridgehead atoms. The molecule has 1 aromatic heterocycles. The largest absolute Gasteiger partial charge is 0.490 e. The molecule has 0 aliphatic rings. The van der Waals surface area contributed by atoms with Crippen LogP contribution in [-0.2, 0) is 6.61 Å². The Kier molecular flexibility index (Phi) is 6.15. The minimum Gasteiger partial charge on any atom is -0.490 e. The van der Waals surface area contributed by atoms with Crippen molar-refractivity contribution in [2.45, 2.75) is 20.1 Å². The first-order valence-corrected chi connectivity index (χ1v) is 8.31. The molecule has 0 atom stereocenters. The summed E-state index contributed by atoms with van der Waals surface area (Å²) in [6, 6.07) is 10.7. The number of hydrogen-bond donors (Lipinski definition) is 0. The van der Waals surface area contributed by atoms with E-state index in [0.717, 1.165) is 0 Å². The lowest BCUT2D eigenvalue weighted by Gasteiger charge is -2.10. The van der Waals surface area contributed by atoms with E-state index in [4.69, 9.17) is 14.0 Å². The van der Waals surface area contributed by atoms with E-state index in [-0.39, 0.29) is 24.1 Å². The topological polar surface area (TPSA) is 83.7 Å². The maximum Gasteiger partial charge on any atom is 0.387 e. The standard InChI is InChI=1S/C19H16F2N2O5/c1-2-25-16-8-12(10-24)6-7-15(16)26-11-17-22-18(23-28-17)13-4-3-5-14(9-13)27-19(20)21/h3-10,19H,2,11H2,1H3. The third kappa shape index (κ3) is 4.81. The SMILES string of the molecule is CCOc1cc(C=O)ccc1OCc1nc(-c2cccc(OC(F)F)c2)no1. The van der Waals surface area contributed by atoms with Gasteiger partial charge in [-0.05, 0) is 37.3 Å². The fourth-order valence-corrected chi connectivity index (χ4v) is 2.37. The highest BCUT2D eigenvalue weighted by Gasteiger charge is 2.13. The van der Waals surface area contributed by atoms with Gasteiger partial charge < -0.3 is 18.7 Å². The van der Waals surface area contributed by atoms with E-state index in [2.05, 4.69) is 14.9 Å². The summed E-state index contributed by atoms with van der Waals surface area (Å²) < 4.78 is 45.3. The molecule has 2 aromatic carbocycles. The minimum atomic E-state index is -2.92. The number of nitrogens with zero attached hydrogens (tertiary/aromatic N) is 2. The molecule has 28 heavy (non-hydrogen) atoms. The van der Waals surface area contributed by atoms with Crippen molar-refractivity contribution in [3.05, 3.63) is 53.9 Å². The number of rotatable bonds is 9. The average Bonchev–Trinajstić information content (AvgIpc) is 3.16. The van der Waals surface area contributed by atoms with Crippen LogP contribution in [0, 0.1) is 0 Å². The van der Waals surface area contributed by atoms with Crippen LogP contribution in [0.15, 0.2) is 47.0 Å². The van der Waals surface area contributed by atoms with Gasteiger partial charge >= 0.3 is 6.61 Å². The van der Waals surface area contributed by atoms with Crippen molar-refractivity contribution < 1.29 is 32.3 Å². The Morgan fingerprint density at radius 1 is 1.14 bits per heavy atom. The monoisotopic (exact) mass is 390 g/mol. The van der Waals surface area contributed by atoms with Gasteiger partial charge in [-0.1, -0.05) is 17.3 Å². The molecule has 9 heteroatoms. The van der Waals surface area contributed by atoms with Crippen molar-refractivity contribution in [3.8, 4) is 28.6 Å². The van der Waals surface area contributed by atoms with Crippen LogP contribution in [0.25, 0.3) is 11.4 Å². The number of hydrogen-bond acceptors (Lipinski definition) is 7. The number of alkyl halides is 2. The molecule has 0 aliphatic carbocycles. The molecule has 0 saturated heterocycles. The summed E-state index contributed by atoms with van der Waals surface area (Å²) >= 11 is 0. The molecule has 1 heterocycles. The highest BCUT2D eigenvalue weighted by molar-refractivity contribution is 5.76. The van der Waals surface area contributed by atoms with Crippen LogP contribution in [0.2, 0.25) is 0 Å². The smallest absolute Gasteiger partial charge is 0.387 e. The second kappa shape index (κ2) is 8.94. The highest BCUT2D eigenvalue weighted by atomic mass is 19.3. The molecular weight excluding hydrogens is 374 g/mol. The van der Waals surface area contributed by atoms with E-state index >= 15 is 0 Å². The van der Waals surface area contributed by atoms with Crippen LogP contribution in [0.1, 0.15) is 23.2 Å². The summed E-state index contributed by atoms with van der Waals surface area (Å²) in [7, 11) is 0. The summed E-state index contributed by atoms with van der Waals surface area (Å²) in [4.78, 5) is 15.1. The normalized spacial score (nSPS) is 10.7. The first-order chi connectivity index (χ1) is 13.6. The van der Waals surface area contributed by atoms with Crippen LogP contribution in [0.5, 0.6) is 17.2 Å². The Labute approximate surface area is 158 Å². The summed E-state index contributed by atoms with van der Waals surface area (Å²) in [6.07, 6.45) is 0.711. The Bertz CT molecular complexity index is 946. The molecular formula is C19H16F2N2O5. The molecule has 3 rings (SSSR count). The minimum absolute atomic E-state index is 0.00766. The van der Waals surface area contributed by atoms with Crippen molar-refractivity contribution in [1.29, 1.82) is 0 Å². The first-order valence-electron chi connectivity index (χ1n) is 8.31. The third-order valence-electron chi connectivity index (χ3n) is 3.54. The van der Waals surface area contributed by atoms with Gasteiger partial charge in [-0.15, -0.1) is 0 Å². The molecule has 0 unspecified atom stereocenters. The number of ether oxygens (including phenoxy) is 3. The van der Waals surface area contributed by atoms with Gasteiger partial charge in [-0.2, -0.15) is 13.8 Å². The van der Waals surface area contributed by atoms with E-state index in [1.54, 1.807) is 30.3 Å². The molecule has 0 saturated carbocycles. The molecule has 0 N–H and O–H groups in total. The van der Waals surface area contributed by atoms with Crippen molar-refractivity contribution in [2.24, 2.45) is 0 Å². The number of benzene rings is 2. The van der Waals surface area contributed by atoms with Gasteiger partial charge in [0.05, 0.1) is 6.61 Å². The summed E-state index contributed by atoms with van der Waals surface area (Å²) in [6.45, 7) is -0.746. The molecule has 0 fully saturated rings. The molecule has 3 aromatic rings. The van der Waals surface area contributed by atoms with Gasteiger partial charge in [0, 0.05) is 11.1 Å². The predicted molar refractivity (Wildman–Crippen MR) is 93.7 cm³/mol. The zero-order valence-electron chi connectivity index (χ0n) is 14.8. The Hall–Kier alpha value is -3.49. The molecule has 0 amide bonds. The number of carbonyl (C=O) groups excluding carboxylic acids is 1. The van der Waals surface area contributed by atoms with Crippen LogP contribution in [-0.4, -0.2) is 29.6 Å². The van der Waals surface area contributed by atoms with E-state index in [9.17, 15) is 13.6 Å². The van der Waals surface area contributed by atoms with Crippen molar-refractivity contribution in [3.63, 3.8) is 0 Å². The van der Waals surface area contributed by atoms with E-state index in [0.29, 0.717) is 35.5 Å².